The zero-order chi connectivity index (χ0) is 28.1. The molecule has 1 unspecified atom stereocenters. The molecular weight excluding hydrogens is 494 g/mol. The summed E-state index contributed by atoms with van der Waals surface area (Å²) in [5.41, 5.74) is 3.45. The molecule has 0 N–H and O–H groups in total. The number of amides is 1. The normalized spacial score (nSPS) is 11.8. The van der Waals surface area contributed by atoms with Crippen molar-refractivity contribution in [3.05, 3.63) is 93.5 Å². The van der Waals surface area contributed by atoms with Gasteiger partial charge in [0.05, 0.1) is 36.9 Å². The molecule has 4 rings (SSSR count). The lowest BCUT2D eigenvalue weighted by Crippen LogP contribution is -2.39. The van der Waals surface area contributed by atoms with E-state index in [1.165, 1.54) is 14.2 Å². The fourth-order valence-corrected chi connectivity index (χ4v) is 4.91. The molecule has 0 aliphatic rings. The zero-order valence-electron chi connectivity index (χ0n) is 23.4. The minimum absolute atomic E-state index is 0.187. The van der Waals surface area contributed by atoms with Crippen molar-refractivity contribution >= 4 is 16.8 Å². The Bertz CT molecular complexity index is 1520. The number of fused-ring (bicyclic) bond motifs is 1. The van der Waals surface area contributed by atoms with Crippen LogP contribution in [0.3, 0.4) is 0 Å². The number of nitrogens with zero attached hydrogens (tertiary/aromatic N) is 3. The molecule has 0 saturated heterocycles. The average molecular weight is 530 g/mol. The number of carbonyl (C=O) groups excluding carboxylic acids is 1. The summed E-state index contributed by atoms with van der Waals surface area (Å²) in [6, 6.07) is 17.9. The predicted molar refractivity (Wildman–Crippen MR) is 152 cm³/mol. The Morgan fingerprint density at radius 1 is 0.974 bits per heavy atom. The highest BCUT2D eigenvalue weighted by molar-refractivity contribution is 6.00. The van der Waals surface area contributed by atoms with E-state index in [9.17, 15) is 9.59 Å². The molecule has 1 atom stereocenters. The molecule has 8 nitrogen and oxygen atoms in total. The molecule has 4 aromatic rings. The van der Waals surface area contributed by atoms with Gasteiger partial charge >= 0.3 is 0 Å². The highest BCUT2D eigenvalue weighted by atomic mass is 16.5. The monoisotopic (exact) mass is 529 g/mol. The fourth-order valence-electron chi connectivity index (χ4n) is 4.91. The molecule has 0 aliphatic heterocycles. The summed E-state index contributed by atoms with van der Waals surface area (Å²) in [4.78, 5) is 34.9. The van der Waals surface area contributed by atoms with E-state index in [-0.39, 0.29) is 11.5 Å². The maximum absolute atomic E-state index is 14.2. The van der Waals surface area contributed by atoms with Gasteiger partial charge in [-0.3, -0.25) is 14.2 Å². The number of ether oxygens (including phenoxy) is 3. The molecule has 0 spiro atoms. The third-order valence-corrected chi connectivity index (χ3v) is 6.89. The Balaban J connectivity index is 1.95. The third-order valence-electron chi connectivity index (χ3n) is 6.89. The zero-order valence-corrected chi connectivity index (χ0v) is 23.4. The van der Waals surface area contributed by atoms with Crippen LogP contribution in [0.4, 0.5) is 0 Å². The number of aryl methyl sites for hydroxylation is 2. The van der Waals surface area contributed by atoms with Crippen molar-refractivity contribution < 1.29 is 19.0 Å². The highest BCUT2D eigenvalue weighted by Crippen LogP contribution is 2.33. The molecule has 39 heavy (non-hydrogen) atoms. The van der Waals surface area contributed by atoms with Crippen LogP contribution in [-0.2, 0) is 4.74 Å². The molecule has 1 aromatic heterocycles. The topological polar surface area (TPSA) is 82.9 Å². The van der Waals surface area contributed by atoms with Gasteiger partial charge in [-0.25, -0.2) is 4.98 Å². The molecular formula is C31H35N3O5. The van der Waals surface area contributed by atoms with E-state index in [0.717, 1.165) is 16.8 Å². The van der Waals surface area contributed by atoms with Crippen LogP contribution in [0.1, 0.15) is 46.7 Å². The first kappa shape index (κ1) is 27.9. The van der Waals surface area contributed by atoms with Gasteiger partial charge in [0.25, 0.3) is 11.5 Å². The average Bonchev–Trinajstić information content (AvgIpc) is 2.94. The third kappa shape index (κ3) is 5.52. The molecule has 0 radical (unpaired) electrons. The van der Waals surface area contributed by atoms with Gasteiger partial charge in [0.2, 0.25) is 0 Å². The molecule has 0 bridgehead atoms. The first-order valence-electron chi connectivity index (χ1n) is 12.9. The number of methoxy groups -OCH3 is 3. The standard InChI is InChI=1S/C31H35N3O5/c1-20-15-16-25(21(2)19-20)34-29(32-24-12-8-7-11-23(24)30(34)35)22(3)33(17-10-18-37-4)31(36)28-26(38-5)13-9-14-27(28)39-6/h7-9,11-16,19,22H,10,17-18H2,1-6H3. The van der Waals surface area contributed by atoms with E-state index in [2.05, 4.69) is 0 Å². The number of carbonyl (C=O) groups is 1. The molecule has 0 saturated carbocycles. The van der Waals surface area contributed by atoms with Crippen molar-refractivity contribution in [2.24, 2.45) is 0 Å². The van der Waals surface area contributed by atoms with E-state index >= 15 is 0 Å². The van der Waals surface area contributed by atoms with Gasteiger partial charge in [0, 0.05) is 20.3 Å². The second-order valence-corrected chi connectivity index (χ2v) is 9.48. The SMILES string of the molecule is COCCCN(C(=O)c1c(OC)cccc1OC)C(C)c1nc2ccccc2c(=O)n1-c1ccc(C)cc1C. The van der Waals surface area contributed by atoms with Crippen molar-refractivity contribution in [2.45, 2.75) is 33.2 Å². The van der Waals surface area contributed by atoms with E-state index in [4.69, 9.17) is 19.2 Å². The lowest BCUT2D eigenvalue weighted by atomic mass is 10.1. The van der Waals surface area contributed by atoms with Gasteiger partial charge in [0.15, 0.2) is 0 Å². The van der Waals surface area contributed by atoms with Gasteiger partial charge in [-0.15, -0.1) is 0 Å². The molecule has 8 heteroatoms. The van der Waals surface area contributed by atoms with Gasteiger partial charge in [-0.1, -0.05) is 35.9 Å². The van der Waals surface area contributed by atoms with E-state index in [1.54, 1.807) is 40.8 Å². The van der Waals surface area contributed by atoms with Crippen LogP contribution in [0.25, 0.3) is 16.6 Å². The Hall–Kier alpha value is -4.17. The Morgan fingerprint density at radius 2 is 1.67 bits per heavy atom. The summed E-state index contributed by atoms with van der Waals surface area (Å²) in [7, 11) is 4.67. The van der Waals surface area contributed by atoms with Crippen LogP contribution >= 0.6 is 0 Å². The lowest BCUT2D eigenvalue weighted by Gasteiger charge is -2.31. The molecule has 1 heterocycles. The van der Waals surface area contributed by atoms with Crippen LogP contribution < -0.4 is 15.0 Å². The lowest BCUT2D eigenvalue weighted by molar-refractivity contribution is 0.0650. The predicted octanol–water partition coefficient (Wildman–Crippen LogP) is 5.26. The van der Waals surface area contributed by atoms with Gasteiger partial charge in [-0.2, -0.15) is 0 Å². The maximum Gasteiger partial charge on any atom is 0.266 e. The largest absolute Gasteiger partial charge is 0.496 e. The molecule has 3 aromatic carbocycles. The number of rotatable bonds is 10. The number of aromatic nitrogens is 2. The molecule has 1 amide bonds. The fraction of sp³-hybridized carbons (Fsp3) is 0.323. The van der Waals surface area contributed by atoms with Crippen molar-refractivity contribution in [1.82, 2.24) is 14.5 Å². The van der Waals surface area contributed by atoms with Crippen LogP contribution in [-0.4, -0.2) is 54.8 Å². The van der Waals surface area contributed by atoms with Gasteiger partial charge < -0.3 is 19.1 Å². The van der Waals surface area contributed by atoms with E-state index in [0.29, 0.717) is 53.4 Å². The minimum Gasteiger partial charge on any atom is -0.496 e. The number of hydrogen-bond acceptors (Lipinski definition) is 6. The Morgan fingerprint density at radius 3 is 2.31 bits per heavy atom. The summed E-state index contributed by atoms with van der Waals surface area (Å²) < 4.78 is 18.0. The van der Waals surface area contributed by atoms with E-state index < -0.39 is 6.04 Å². The molecule has 204 valence electrons. The summed E-state index contributed by atoms with van der Waals surface area (Å²) in [6.45, 7) is 6.71. The van der Waals surface area contributed by atoms with E-state index in [1.807, 2.05) is 57.2 Å². The summed E-state index contributed by atoms with van der Waals surface area (Å²) in [5.74, 6) is 0.982. The summed E-state index contributed by atoms with van der Waals surface area (Å²) in [5, 5.41) is 0.511. The second kappa shape index (κ2) is 12.1. The summed E-state index contributed by atoms with van der Waals surface area (Å²) >= 11 is 0. The van der Waals surface area contributed by atoms with Gasteiger partial charge in [-0.05, 0) is 63.1 Å². The second-order valence-electron chi connectivity index (χ2n) is 9.48. The molecule has 0 fully saturated rings. The number of benzene rings is 3. The Labute approximate surface area is 228 Å². The van der Waals surface area contributed by atoms with Crippen molar-refractivity contribution in [3.8, 4) is 17.2 Å². The van der Waals surface area contributed by atoms with Crippen LogP contribution in [0.15, 0.2) is 65.5 Å². The smallest absolute Gasteiger partial charge is 0.266 e. The first-order chi connectivity index (χ1) is 18.8. The van der Waals surface area contributed by atoms with Crippen LogP contribution in [0.2, 0.25) is 0 Å². The summed E-state index contributed by atoms with van der Waals surface area (Å²) in [6.07, 6.45) is 0.589. The minimum atomic E-state index is -0.581. The Kier molecular flexibility index (Phi) is 8.66. The van der Waals surface area contributed by atoms with Crippen LogP contribution in [0.5, 0.6) is 11.5 Å². The number of hydrogen-bond donors (Lipinski definition) is 0. The quantitative estimate of drug-likeness (QED) is 0.261. The van der Waals surface area contributed by atoms with Gasteiger partial charge in [0.1, 0.15) is 22.9 Å². The maximum atomic E-state index is 14.2. The van der Waals surface area contributed by atoms with Crippen molar-refractivity contribution in [1.29, 1.82) is 0 Å². The highest BCUT2D eigenvalue weighted by Gasteiger charge is 2.31. The van der Waals surface area contributed by atoms with Crippen molar-refractivity contribution in [2.75, 3.05) is 34.5 Å². The molecule has 0 aliphatic carbocycles. The van der Waals surface area contributed by atoms with Crippen molar-refractivity contribution in [3.63, 3.8) is 0 Å². The first-order valence-corrected chi connectivity index (χ1v) is 12.9. The van der Waals surface area contributed by atoms with Crippen LogP contribution in [0, 0.1) is 13.8 Å². The number of para-hydroxylation sites is 1.